The van der Waals surface area contributed by atoms with Gasteiger partial charge in [0.15, 0.2) is 23.4 Å². The standard InChI is InChI=1S/C21H30ClN5O5/c1-4-12(2)24-18-15-19(25(3)21(22)27(18)32-13-8-6-5-7-9-13)26(11-23-15)20-17(30)16(29)14(10-28)31-20/h5-9,11-12,14,16-17,19-21,24,28-30H,4,10H2,1-3H3/t12?,14-,16-,17-,19?,20-,21-/m1/s1. The Labute approximate surface area is 192 Å². The first-order chi connectivity index (χ1) is 15.4. The molecule has 0 saturated carbocycles. The van der Waals surface area contributed by atoms with Crippen molar-refractivity contribution in [3.05, 3.63) is 41.8 Å². The average molecular weight is 468 g/mol. The molecule has 4 rings (SSSR count). The average Bonchev–Trinajstić information content (AvgIpc) is 3.36. The molecule has 32 heavy (non-hydrogen) atoms. The number of halogens is 1. The summed E-state index contributed by atoms with van der Waals surface area (Å²) in [6.07, 6.45) is -2.26. The Morgan fingerprint density at radius 3 is 2.59 bits per heavy atom. The summed E-state index contributed by atoms with van der Waals surface area (Å²) in [5.74, 6) is 1.23. The van der Waals surface area contributed by atoms with Gasteiger partial charge in [-0.05, 0) is 32.5 Å². The second-order valence-corrected chi connectivity index (χ2v) is 8.58. The highest BCUT2D eigenvalue weighted by Crippen LogP contribution is 2.38. The van der Waals surface area contributed by atoms with Crippen LogP contribution in [0.1, 0.15) is 20.3 Å². The molecule has 11 heteroatoms. The lowest BCUT2D eigenvalue weighted by Gasteiger charge is -2.46. The fourth-order valence-electron chi connectivity index (χ4n) is 3.98. The number of para-hydroxylation sites is 1. The minimum absolute atomic E-state index is 0.116. The van der Waals surface area contributed by atoms with E-state index in [0.29, 0.717) is 17.3 Å². The van der Waals surface area contributed by atoms with Crippen molar-refractivity contribution >= 4 is 17.9 Å². The van der Waals surface area contributed by atoms with E-state index in [1.165, 1.54) is 0 Å². The maximum atomic E-state index is 10.6. The first-order valence-electron chi connectivity index (χ1n) is 10.7. The summed E-state index contributed by atoms with van der Waals surface area (Å²) in [5.41, 5.74) is -0.0878. The fraction of sp³-hybridized carbons (Fsp3) is 0.571. The van der Waals surface area contributed by atoms with Crippen molar-refractivity contribution in [3.63, 3.8) is 0 Å². The van der Waals surface area contributed by atoms with E-state index >= 15 is 0 Å². The SMILES string of the molecule is CCC(C)NC1=C2N=CN([C@@H]3O[C@H](CO)[C@@H](O)[C@H]3O)C2N(C)[C@@H](Cl)N1Oc1ccccc1. The van der Waals surface area contributed by atoms with Crippen LogP contribution in [0.15, 0.2) is 46.8 Å². The van der Waals surface area contributed by atoms with E-state index in [1.54, 1.807) is 16.3 Å². The van der Waals surface area contributed by atoms with Gasteiger partial charge in [0, 0.05) is 6.04 Å². The molecule has 0 aromatic heterocycles. The van der Waals surface area contributed by atoms with Crippen LogP contribution in [0, 0.1) is 0 Å². The van der Waals surface area contributed by atoms with Crippen LogP contribution in [0.3, 0.4) is 0 Å². The number of hydrogen-bond donors (Lipinski definition) is 4. The van der Waals surface area contributed by atoms with Gasteiger partial charge in [0.1, 0.15) is 30.2 Å². The van der Waals surface area contributed by atoms with Gasteiger partial charge in [0.05, 0.1) is 12.9 Å². The summed E-state index contributed by atoms with van der Waals surface area (Å²) in [6.45, 7) is 3.72. The molecule has 0 aliphatic carbocycles. The zero-order valence-electron chi connectivity index (χ0n) is 18.2. The molecule has 3 heterocycles. The quantitative estimate of drug-likeness (QED) is 0.334. The zero-order valence-corrected chi connectivity index (χ0v) is 19.0. The zero-order chi connectivity index (χ0) is 23.0. The lowest BCUT2D eigenvalue weighted by Crippen LogP contribution is -2.62. The van der Waals surface area contributed by atoms with E-state index < -0.39 is 42.9 Å². The minimum atomic E-state index is -1.22. The highest BCUT2D eigenvalue weighted by molar-refractivity contribution is 6.20. The molecule has 7 atom stereocenters. The van der Waals surface area contributed by atoms with Crippen molar-refractivity contribution in [3.8, 4) is 5.75 Å². The summed E-state index contributed by atoms with van der Waals surface area (Å²) in [7, 11) is 1.81. The van der Waals surface area contributed by atoms with Gasteiger partial charge >= 0.3 is 0 Å². The summed E-state index contributed by atoms with van der Waals surface area (Å²) < 4.78 is 5.74. The molecule has 3 aliphatic heterocycles. The van der Waals surface area contributed by atoms with E-state index in [4.69, 9.17) is 21.2 Å². The normalized spacial score (nSPS) is 33.6. The van der Waals surface area contributed by atoms with Crippen molar-refractivity contribution < 1.29 is 24.9 Å². The molecular formula is C21H30ClN5O5. The highest BCUT2D eigenvalue weighted by atomic mass is 35.5. The molecular weight excluding hydrogens is 438 g/mol. The number of fused-ring (bicyclic) bond motifs is 1. The highest BCUT2D eigenvalue weighted by Gasteiger charge is 2.52. The number of benzene rings is 1. The number of nitrogens with one attached hydrogen (secondary N) is 1. The van der Waals surface area contributed by atoms with Crippen LogP contribution >= 0.6 is 11.6 Å². The Hall–Kier alpha value is -2.08. The smallest absolute Gasteiger partial charge is 0.198 e. The van der Waals surface area contributed by atoms with Crippen molar-refractivity contribution in [1.82, 2.24) is 20.2 Å². The van der Waals surface area contributed by atoms with Crippen LogP contribution in [0.25, 0.3) is 0 Å². The number of nitrogens with zero attached hydrogens (tertiary/aromatic N) is 4. The Morgan fingerprint density at radius 2 is 1.97 bits per heavy atom. The van der Waals surface area contributed by atoms with E-state index in [0.717, 1.165) is 6.42 Å². The van der Waals surface area contributed by atoms with Gasteiger partial charge < -0.3 is 35.1 Å². The number of alkyl halides is 1. The van der Waals surface area contributed by atoms with E-state index in [2.05, 4.69) is 17.2 Å². The number of aliphatic hydroxyl groups excluding tert-OH is 3. The molecule has 0 spiro atoms. The summed E-state index contributed by atoms with van der Waals surface area (Å²) in [6, 6.07) is 9.45. The molecule has 0 amide bonds. The Kier molecular flexibility index (Phi) is 6.80. The molecule has 0 bridgehead atoms. The molecule has 1 aromatic carbocycles. The maximum absolute atomic E-state index is 10.6. The Bertz CT molecular complexity index is 858. The second-order valence-electron chi connectivity index (χ2n) is 8.19. The van der Waals surface area contributed by atoms with Crippen molar-refractivity contribution in [2.24, 2.45) is 4.99 Å². The van der Waals surface area contributed by atoms with Gasteiger partial charge in [-0.15, -0.1) is 0 Å². The molecule has 2 unspecified atom stereocenters. The third kappa shape index (κ3) is 4.02. The van der Waals surface area contributed by atoms with Gasteiger partial charge in [0.2, 0.25) is 0 Å². The number of hydrogen-bond acceptors (Lipinski definition) is 10. The molecule has 4 N–H and O–H groups in total. The van der Waals surface area contributed by atoms with E-state index in [9.17, 15) is 15.3 Å². The number of aliphatic hydroxyl groups is 3. The third-order valence-corrected chi connectivity index (χ3v) is 6.47. The molecule has 0 radical (unpaired) electrons. The first-order valence-corrected chi connectivity index (χ1v) is 11.1. The van der Waals surface area contributed by atoms with Gasteiger partial charge in [0.25, 0.3) is 0 Å². The predicted molar refractivity (Wildman–Crippen MR) is 118 cm³/mol. The van der Waals surface area contributed by atoms with Crippen LogP contribution in [-0.2, 0) is 4.74 Å². The molecule has 3 aliphatic rings. The van der Waals surface area contributed by atoms with Crippen LogP contribution < -0.4 is 10.2 Å². The molecule has 1 fully saturated rings. The molecule has 1 aromatic rings. The summed E-state index contributed by atoms with van der Waals surface area (Å²) in [4.78, 5) is 14.3. The lowest BCUT2D eigenvalue weighted by molar-refractivity contribution is -0.141. The van der Waals surface area contributed by atoms with Crippen LogP contribution in [-0.4, -0.2) is 92.5 Å². The summed E-state index contributed by atoms with van der Waals surface area (Å²) >= 11 is 6.84. The Morgan fingerprint density at radius 1 is 1.25 bits per heavy atom. The number of likely N-dealkylation sites (N-methyl/N-ethyl adjacent to an activating group) is 1. The number of aliphatic imine (C=N–C) groups is 1. The number of ether oxygens (including phenoxy) is 1. The molecule has 176 valence electrons. The van der Waals surface area contributed by atoms with E-state index in [1.807, 2.05) is 49.2 Å². The first kappa shape index (κ1) is 23.1. The monoisotopic (exact) mass is 467 g/mol. The topological polar surface area (TPSA) is 113 Å². The van der Waals surface area contributed by atoms with Gasteiger partial charge in [-0.25, -0.2) is 9.89 Å². The number of rotatable bonds is 7. The van der Waals surface area contributed by atoms with Crippen LogP contribution in [0.5, 0.6) is 5.75 Å². The predicted octanol–water partition coefficient (Wildman–Crippen LogP) is 0.416. The van der Waals surface area contributed by atoms with Crippen molar-refractivity contribution in [2.75, 3.05) is 13.7 Å². The molecule has 10 nitrogen and oxygen atoms in total. The lowest BCUT2D eigenvalue weighted by atomic mass is 10.1. The van der Waals surface area contributed by atoms with Crippen LogP contribution in [0.4, 0.5) is 0 Å². The van der Waals surface area contributed by atoms with E-state index in [-0.39, 0.29) is 6.04 Å². The minimum Gasteiger partial charge on any atom is -0.394 e. The maximum Gasteiger partial charge on any atom is 0.198 e. The van der Waals surface area contributed by atoms with Crippen molar-refractivity contribution in [1.29, 1.82) is 0 Å². The third-order valence-electron chi connectivity index (χ3n) is 5.99. The number of hydroxylamine groups is 2. The van der Waals surface area contributed by atoms with Gasteiger partial charge in [-0.1, -0.05) is 36.7 Å². The van der Waals surface area contributed by atoms with Crippen LogP contribution in [0.2, 0.25) is 0 Å². The van der Waals surface area contributed by atoms with Gasteiger partial charge in [-0.2, -0.15) is 5.06 Å². The van der Waals surface area contributed by atoms with Gasteiger partial charge in [-0.3, -0.25) is 0 Å². The fourth-order valence-corrected chi connectivity index (χ4v) is 4.22. The summed E-state index contributed by atoms with van der Waals surface area (Å²) in [5, 5.41) is 35.3. The van der Waals surface area contributed by atoms with Crippen molar-refractivity contribution in [2.45, 2.75) is 62.6 Å². The molecule has 1 saturated heterocycles. The largest absolute Gasteiger partial charge is 0.394 e. The Balaban J connectivity index is 1.69. The second kappa shape index (κ2) is 9.42.